The van der Waals surface area contributed by atoms with Gasteiger partial charge in [0.05, 0.1) is 11.8 Å². The molecule has 2 N–H and O–H groups in total. The first-order valence-electron chi connectivity index (χ1n) is 6.51. The second-order valence-electron chi connectivity index (χ2n) is 5.03. The van der Waals surface area contributed by atoms with Gasteiger partial charge < -0.3 is 10.3 Å². The normalized spacial score (nSPS) is 12.8. The first-order valence-corrected chi connectivity index (χ1v) is 8.29. The van der Waals surface area contributed by atoms with E-state index in [1.54, 1.807) is 11.8 Å². The quantitative estimate of drug-likeness (QED) is 0.787. The molecule has 1 aromatic carbocycles. The zero-order valence-electron chi connectivity index (χ0n) is 11.5. The van der Waals surface area contributed by atoms with Crippen molar-refractivity contribution in [1.82, 2.24) is 10.1 Å². The summed E-state index contributed by atoms with van der Waals surface area (Å²) in [4.78, 5) is 5.54. The van der Waals surface area contributed by atoms with E-state index in [0.717, 1.165) is 10.9 Å². The predicted octanol–water partition coefficient (Wildman–Crippen LogP) is 4.17. The molecule has 0 radical (unpaired) electrons. The molecule has 0 aliphatic rings. The van der Waals surface area contributed by atoms with Crippen LogP contribution in [0.3, 0.4) is 0 Å². The molecule has 1 atom stereocenters. The summed E-state index contributed by atoms with van der Waals surface area (Å²) in [6.45, 7) is 4.25. The average molecular weight is 356 g/mol. The number of benzene rings is 1. The highest BCUT2D eigenvalue weighted by atomic mass is 79.9. The zero-order valence-corrected chi connectivity index (χ0v) is 13.9. The number of nitrogens with zero attached hydrogens (tertiary/aromatic N) is 2. The molecule has 0 saturated heterocycles. The number of halogens is 1. The van der Waals surface area contributed by atoms with E-state index < -0.39 is 0 Å². The summed E-state index contributed by atoms with van der Waals surface area (Å²) in [6.07, 6.45) is 0.849. The lowest BCUT2D eigenvalue weighted by molar-refractivity contribution is 0.333. The fourth-order valence-corrected chi connectivity index (χ4v) is 2.77. The van der Waals surface area contributed by atoms with Crippen molar-refractivity contribution >= 4 is 27.7 Å². The molecule has 0 spiro atoms. The number of thioether (sulfide) groups is 1. The van der Waals surface area contributed by atoms with Crippen LogP contribution in [0, 0.1) is 5.92 Å². The van der Waals surface area contributed by atoms with Crippen LogP contribution in [-0.4, -0.2) is 10.1 Å². The van der Waals surface area contributed by atoms with Gasteiger partial charge in [0.15, 0.2) is 5.82 Å². The standard InChI is InChI=1S/C14H18BrN3OS/c1-9(2)7-12(16)14-17-13(18-19-14)8-20-11-5-3-10(15)4-6-11/h3-6,9,12H,7-8,16H2,1-2H3/t12-/m1/s1. The van der Waals surface area contributed by atoms with E-state index in [1.807, 2.05) is 12.1 Å². The van der Waals surface area contributed by atoms with Crippen LogP contribution in [-0.2, 0) is 5.75 Å². The predicted molar refractivity (Wildman–Crippen MR) is 84.4 cm³/mol. The highest BCUT2D eigenvalue weighted by molar-refractivity contribution is 9.10. The van der Waals surface area contributed by atoms with Crippen LogP contribution in [0.5, 0.6) is 0 Å². The Morgan fingerprint density at radius 3 is 2.65 bits per heavy atom. The zero-order chi connectivity index (χ0) is 14.5. The Balaban J connectivity index is 1.91. The molecular weight excluding hydrogens is 338 g/mol. The van der Waals surface area contributed by atoms with Gasteiger partial charge in [0, 0.05) is 9.37 Å². The first kappa shape index (κ1) is 15.5. The molecule has 2 rings (SSSR count). The number of aromatic nitrogens is 2. The molecule has 0 unspecified atom stereocenters. The molecule has 1 heterocycles. The summed E-state index contributed by atoms with van der Waals surface area (Å²) in [5.74, 6) is 2.41. The summed E-state index contributed by atoms with van der Waals surface area (Å²) in [7, 11) is 0. The van der Waals surface area contributed by atoms with E-state index in [0.29, 0.717) is 23.4 Å². The third-order valence-corrected chi connectivity index (χ3v) is 4.24. The van der Waals surface area contributed by atoms with E-state index >= 15 is 0 Å². The Hall–Kier alpha value is -0.850. The molecule has 2 aromatic rings. The van der Waals surface area contributed by atoms with Crippen molar-refractivity contribution in [2.75, 3.05) is 0 Å². The molecular formula is C14H18BrN3OS. The van der Waals surface area contributed by atoms with Gasteiger partial charge in [-0.05, 0) is 36.6 Å². The van der Waals surface area contributed by atoms with E-state index in [4.69, 9.17) is 10.3 Å². The van der Waals surface area contributed by atoms with Gasteiger partial charge in [-0.3, -0.25) is 0 Å². The summed E-state index contributed by atoms with van der Waals surface area (Å²) >= 11 is 5.09. The molecule has 0 bridgehead atoms. The molecule has 6 heteroatoms. The summed E-state index contributed by atoms with van der Waals surface area (Å²) < 4.78 is 6.30. The highest BCUT2D eigenvalue weighted by Gasteiger charge is 2.16. The Labute approximate surface area is 131 Å². The molecule has 0 amide bonds. The molecule has 1 aromatic heterocycles. The number of hydrogen-bond donors (Lipinski definition) is 1. The Kier molecular flexibility index (Phi) is 5.63. The maximum Gasteiger partial charge on any atom is 0.243 e. The van der Waals surface area contributed by atoms with E-state index in [2.05, 4.69) is 52.1 Å². The molecule has 0 fully saturated rings. The van der Waals surface area contributed by atoms with Crippen molar-refractivity contribution in [2.24, 2.45) is 11.7 Å². The molecule has 0 aliphatic heterocycles. The Morgan fingerprint density at radius 2 is 2.00 bits per heavy atom. The highest BCUT2D eigenvalue weighted by Crippen LogP contribution is 2.24. The Bertz CT molecular complexity index is 542. The van der Waals surface area contributed by atoms with Crippen LogP contribution in [0.4, 0.5) is 0 Å². The largest absolute Gasteiger partial charge is 0.338 e. The van der Waals surface area contributed by atoms with Gasteiger partial charge in [0.2, 0.25) is 5.89 Å². The van der Waals surface area contributed by atoms with Gasteiger partial charge >= 0.3 is 0 Å². The fraction of sp³-hybridized carbons (Fsp3) is 0.429. The molecule has 108 valence electrons. The van der Waals surface area contributed by atoms with Crippen LogP contribution >= 0.6 is 27.7 Å². The minimum absolute atomic E-state index is 0.172. The summed E-state index contributed by atoms with van der Waals surface area (Å²) in [6, 6.07) is 7.97. The third-order valence-electron chi connectivity index (χ3n) is 2.71. The van der Waals surface area contributed by atoms with E-state index in [-0.39, 0.29) is 6.04 Å². The van der Waals surface area contributed by atoms with Gasteiger partial charge in [0.25, 0.3) is 0 Å². The van der Waals surface area contributed by atoms with Gasteiger partial charge in [-0.25, -0.2) is 0 Å². The molecule has 4 nitrogen and oxygen atoms in total. The van der Waals surface area contributed by atoms with Gasteiger partial charge in [0.1, 0.15) is 0 Å². The smallest absolute Gasteiger partial charge is 0.243 e. The maximum atomic E-state index is 6.02. The van der Waals surface area contributed by atoms with Crippen LogP contribution in [0.25, 0.3) is 0 Å². The second-order valence-corrected chi connectivity index (χ2v) is 6.99. The number of hydrogen-bond acceptors (Lipinski definition) is 5. The van der Waals surface area contributed by atoms with Crippen LogP contribution in [0.1, 0.15) is 38.0 Å². The average Bonchev–Trinajstić information content (AvgIpc) is 2.86. The van der Waals surface area contributed by atoms with Crippen molar-refractivity contribution < 1.29 is 4.52 Å². The minimum Gasteiger partial charge on any atom is -0.338 e. The van der Waals surface area contributed by atoms with E-state index in [1.165, 1.54) is 4.90 Å². The molecule has 0 saturated carbocycles. The number of rotatable bonds is 6. The number of nitrogens with two attached hydrogens (primary N) is 1. The van der Waals surface area contributed by atoms with Gasteiger partial charge in [-0.15, -0.1) is 11.8 Å². The topological polar surface area (TPSA) is 64.9 Å². The Morgan fingerprint density at radius 1 is 1.30 bits per heavy atom. The van der Waals surface area contributed by atoms with Crippen molar-refractivity contribution in [3.05, 3.63) is 40.5 Å². The molecule has 0 aliphatic carbocycles. The maximum absolute atomic E-state index is 6.02. The van der Waals surface area contributed by atoms with Crippen molar-refractivity contribution in [2.45, 2.75) is 37.0 Å². The summed E-state index contributed by atoms with van der Waals surface area (Å²) in [5.41, 5.74) is 6.02. The van der Waals surface area contributed by atoms with Crippen molar-refractivity contribution in [3.63, 3.8) is 0 Å². The lowest BCUT2D eigenvalue weighted by Crippen LogP contribution is -2.13. The van der Waals surface area contributed by atoms with Crippen molar-refractivity contribution in [3.8, 4) is 0 Å². The lowest BCUT2D eigenvalue weighted by Gasteiger charge is -2.08. The second kappa shape index (κ2) is 7.24. The molecule has 20 heavy (non-hydrogen) atoms. The fourth-order valence-electron chi connectivity index (χ4n) is 1.76. The van der Waals surface area contributed by atoms with Crippen LogP contribution in [0.2, 0.25) is 0 Å². The lowest BCUT2D eigenvalue weighted by atomic mass is 10.0. The summed E-state index contributed by atoms with van der Waals surface area (Å²) in [5, 5.41) is 3.98. The van der Waals surface area contributed by atoms with Crippen molar-refractivity contribution in [1.29, 1.82) is 0 Å². The van der Waals surface area contributed by atoms with Gasteiger partial charge in [-0.2, -0.15) is 4.98 Å². The van der Waals surface area contributed by atoms with Crippen LogP contribution in [0.15, 0.2) is 38.2 Å². The monoisotopic (exact) mass is 355 g/mol. The van der Waals surface area contributed by atoms with Gasteiger partial charge in [-0.1, -0.05) is 34.9 Å². The SMILES string of the molecule is CC(C)C[C@@H](N)c1nc(CSc2ccc(Br)cc2)no1. The minimum atomic E-state index is -0.172. The van der Waals surface area contributed by atoms with Crippen LogP contribution < -0.4 is 5.73 Å². The first-order chi connectivity index (χ1) is 9.54. The third kappa shape index (κ3) is 4.61. The van der Waals surface area contributed by atoms with E-state index in [9.17, 15) is 0 Å².